The zero-order valence-corrected chi connectivity index (χ0v) is 11.4. The van der Waals surface area contributed by atoms with Crippen LogP contribution in [0.25, 0.3) is 0 Å². The van der Waals surface area contributed by atoms with Crippen molar-refractivity contribution in [2.24, 2.45) is 5.14 Å². The van der Waals surface area contributed by atoms with Crippen LogP contribution in [0.1, 0.15) is 12.8 Å². The summed E-state index contributed by atoms with van der Waals surface area (Å²) in [5.41, 5.74) is 0. The molecular weight excluding hydrogens is 376 g/mol. The Morgan fingerprint density at radius 1 is 1.41 bits per heavy atom. The lowest BCUT2D eigenvalue weighted by Crippen LogP contribution is -2.51. The Balaban J connectivity index is 2.76. The van der Waals surface area contributed by atoms with Gasteiger partial charge in [0.2, 0.25) is 10.0 Å². The molecule has 0 aliphatic carbocycles. The predicted molar refractivity (Wildman–Crippen MR) is 61.7 cm³/mol. The number of halogens is 4. The summed E-state index contributed by atoms with van der Waals surface area (Å²) in [6, 6.07) is 0. The molecule has 1 aliphatic heterocycles. The van der Waals surface area contributed by atoms with Crippen LogP contribution < -0.4 is 5.14 Å². The molecule has 100 valence electrons. The fourth-order valence-electron chi connectivity index (χ4n) is 1.58. The van der Waals surface area contributed by atoms with Gasteiger partial charge in [0.1, 0.15) is 0 Å². The topological polar surface area (TPSA) is 80.5 Å². The maximum Gasteiger partial charge on any atom is 0.471 e. The minimum absolute atomic E-state index is 0.0693. The van der Waals surface area contributed by atoms with Crippen LogP contribution in [0, 0.1) is 0 Å². The number of piperidine rings is 1. The first-order valence-corrected chi connectivity index (χ1v) is 7.42. The number of hydrogen-bond donors (Lipinski definition) is 1. The third-order valence-electron chi connectivity index (χ3n) is 2.46. The fourth-order valence-corrected chi connectivity index (χ4v) is 3.95. The van der Waals surface area contributed by atoms with Gasteiger partial charge in [-0.25, -0.2) is 13.6 Å². The summed E-state index contributed by atoms with van der Waals surface area (Å²) in [7, 11) is -3.77. The van der Waals surface area contributed by atoms with Crippen LogP contribution >= 0.6 is 22.6 Å². The smallest absolute Gasteiger partial charge is 0.323 e. The first kappa shape index (κ1) is 15.0. The quantitative estimate of drug-likeness (QED) is 0.407. The summed E-state index contributed by atoms with van der Waals surface area (Å²) in [6.07, 6.45) is -5.08. The lowest BCUT2D eigenvalue weighted by atomic mass is 10.1. The summed E-state index contributed by atoms with van der Waals surface area (Å²) in [5.74, 6) is -1.94. The van der Waals surface area contributed by atoms with E-state index in [0.717, 1.165) is 0 Å². The van der Waals surface area contributed by atoms with Gasteiger partial charge in [0.25, 0.3) is 0 Å². The number of hydrogen-bond acceptors (Lipinski definition) is 3. The molecule has 2 atom stereocenters. The van der Waals surface area contributed by atoms with Crippen molar-refractivity contribution >= 4 is 38.5 Å². The van der Waals surface area contributed by atoms with Crippen LogP contribution in [0.15, 0.2) is 0 Å². The number of sulfonamides is 1. The van der Waals surface area contributed by atoms with Gasteiger partial charge in [-0.3, -0.25) is 4.79 Å². The van der Waals surface area contributed by atoms with Crippen molar-refractivity contribution in [1.29, 1.82) is 0 Å². The predicted octanol–water partition coefficient (Wildman–Crippen LogP) is 0.589. The summed E-state index contributed by atoms with van der Waals surface area (Å²) in [5, 5.41) is 4.04. The molecule has 0 bridgehead atoms. The lowest BCUT2D eigenvalue weighted by Gasteiger charge is -2.35. The number of rotatable bonds is 1. The number of amides is 1. The van der Waals surface area contributed by atoms with Crippen molar-refractivity contribution in [3.63, 3.8) is 0 Å². The molecule has 1 fully saturated rings. The number of nitrogens with zero attached hydrogens (tertiary/aromatic N) is 1. The molecule has 10 heteroatoms. The maximum absolute atomic E-state index is 12.2. The van der Waals surface area contributed by atoms with Crippen molar-refractivity contribution in [2.75, 3.05) is 6.54 Å². The van der Waals surface area contributed by atoms with Gasteiger partial charge >= 0.3 is 12.1 Å². The number of likely N-dealkylation sites (tertiary alicyclic amines) is 1. The van der Waals surface area contributed by atoms with E-state index in [1.165, 1.54) is 0 Å². The van der Waals surface area contributed by atoms with Crippen LogP contribution in [0.4, 0.5) is 13.2 Å². The molecule has 0 saturated carbocycles. The van der Waals surface area contributed by atoms with Crippen molar-refractivity contribution in [3.05, 3.63) is 0 Å². The van der Waals surface area contributed by atoms with E-state index in [4.69, 9.17) is 5.14 Å². The molecule has 1 amide bonds. The first-order valence-electron chi connectivity index (χ1n) is 4.57. The van der Waals surface area contributed by atoms with Gasteiger partial charge in [0.15, 0.2) is 0 Å². The summed E-state index contributed by atoms with van der Waals surface area (Å²) in [6.45, 7) is -0.257. The van der Waals surface area contributed by atoms with Crippen molar-refractivity contribution in [1.82, 2.24) is 4.90 Å². The van der Waals surface area contributed by atoms with E-state index >= 15 is 0 Å². The Bertz CT molecular complexity index is 411. The zero-order chi connectivity index (χ0) is 13.4. The van der Waals surface area contributed by atoms with Crippen LogP contribution in [0.2, 0.25) is 0 Å². The molecule has 1 rings (SSSR count). The normalized spacial score (nSPS) is 27.0. The van der Waals surface area contributed by atoms with Crippen molar-refractivity contribution in [2.45, 2.75) is 28.3 Å². The van der Waals surface area contributed by atoms with E-state index in [1.807, 2.05) is 0 Å². The van der Waals surface area contributed by atoms with E-state index in [2.05, 4.69) is 0 Å². The average molecular weight is 386 g/mol. The first-order chi connectivity index (χ1) is 7.53. The van der Waals surface area contributed by atoms with Crippen LogP contribution in [-0.4, -0.2) is 41.2 Å². The second kappa shape index (κ2) is 4.88. The van der Waals surface area contributed by atoms with Crippen molar-refractivity contribution in [3.8, 4) is 0 Å². The number of carbonyl (C=O) groups excluding carboxylic acids is 1. The number of carbonyl (C=O) groups is 1. The molecule has 0 aromatic rings. The van der Waals surface area contributed by atoms with E-state index in [1.54, 1.807) is 22.6 Å². The monoisotopic (exact) mass is 386 g/mol. The highest BCUT2D eigenvalue weighted by atomic mass is 127. The van der Waals surface area contributed by atoms with Gasteiger partial charge in [-0.05, 0) is 12.8 Å². The Hall–Kier alpha value is -0.100. The molecule has 5 nitrogen and oxygen atoms in total. The molecule has 1 aliphatic rings. The Kier molecular flexibility index (Phi) is 4.29. The van der Waals surface area contributed by atoms with Crippen LogP contribution in [-0.2, 0) is 14.8 Å². The largest absolute Gasteiger partial charge is 0.471 e. The lowest BCUT2D eigenvalue weighted by molar-refractivity contribution is -0.186. The van der Waals surface area contributed by atoms with Crippen molar-refractivity contribution < 1.29 is 26.4 Å². The number of primary sulfonamides is 1. The van der Waals surface area contributed by atoms with Gasteiger partial charge in [-0.2, -0.15) is 13.2 Å². The summed E-state index contributed by atoms with van der Waals surface area (Å²) >= 11 is 1.61. The minimum atomic E-state index is -4.93. The molecule has 1 heterocycles. The molecule has 17 heavy (non-hydrogen) atoms. The number of nitrogens with two attached hydrogens (primary N) is 1. The van der Waals surface area contributed by atoms with E-state index in [0.29, 0.717) is 4.90 Å². The molecule has 0 aromatic carbocycles. The molecule has 2 N–H and O–H groups in total. The highest BCUT2D eigenvalue weighted by molar-refractivity contribution is 14.1. The maximum atomic E-state index is 12.2. The molecular formula is C7H10F3IN2O3S. The van der Waals surface area contributed by atoms with Crippen LogP contribution in [0.3, 0.4) is 0 Å². The van der Waals surface area contributed by atoms with Gasteiger partial charge in [-0.1, -0.05) is 22.6 Å². The van der Waals surface area contributed by atoms with Gasteiger partial charge < -0.3 is 4.90 Å². The molecule has 0 aromatic heterocycles. The molecule has 1 saturated heterocycles. The fraction of sp³-hybridized carbons (Fsp3) is 0.857. The Morgan fingerprint density at radius 3 is 2.29 bits per heavy atom. The SMILES string of the molecule is NS(=O)(=O)C1CCN(C(=O)C(F)(F)F)C(I)C1. The average Bonchev–Trinajstić information content (AvgIpc) is 2.13. The second-order valence-electron chi connectivity index (χ2n) is 3.67. The molecule has 0 radical (unpaired) electrons. The third-order valence-corrected chi connectivity index (χ3v) is 4.99. The third kappa shape index (κ3) is 3.68. The zero-order valence-electron chi connectivity index (χ0n) is 8.45. The minimum Gasteiger partial charge on any atom is -0.323 e. The Labute approximate surface area is 110 Å². The van der Waals surface area contributed by atoms with E-state index in [-0.39, 0.29) is 19.4 Å². The van der Waals surface area contributed by atoms with Gasteiger partial charge in [0, 0.05) is 6.54 Å². The van der Waals surface area contributed by atoms with Gasteiger partial charge in [-0.15, -0.1) is 0 Å². The summed E-state index contributed by atoms with van der Waals surface area (Å²) < 4.78 is 57.9. The van der Waals surface area contributed by atoms with Crippen LogP contribution in [0.5, 0.6) is 0 Å². The highest BCUT2D eigenvalue weighted by Gasteiger charge is 2.46. The number of alkyl halides is 4. The van der Waals surface area contributed by atoms with E-state index < -0.39 is 31.4 Å². The molecule has 0 spiro atoms. The van der Waals surface area contributed by atoms with E-state index in [9.17, 15) is 26.4 Å². The highest BCUT2D eigenvalue weighted by Crippen LogP contribution is 2.30. The standard InChI is InChI=1S/C7H10F3IN2O3S/c8-7(9,10)6(14)13-2-1-4(3-5(13)11)17(12,15)16/h4-5H,1-3H2,(H2,12,15,16). The van der Waals surface area contributed by atoms with Gasteiger partial charge in [0.05, 0.1) is 9.30 Å². The summed E-state index contributed by atoms with van der Waals surface area (Å²) in [4.78, 5) is 11.6. The Morgan fingerprint density at radius 2 is 1.94 bits per heavy atom. The molecule has 2 unspecified atom stereocenters. The second-order valence-corrected chi connectivity index (χ2v) is 6.95.